The molecule has 3 nitrogen and oxygen atoms in total. The number of nitrogens with one attached hydrogen (secondary N) is 1. The normalized spacial score (nSPS) is 13.1. The number of benzene rings is 1. The Morgan fingerprint density at radius 3 is 2.50 bits per heavy atom. The van der Waals surface area contributed by atoms with Crippen LogP contribution in [0.4, 0.5) is 0 Å². The highest BCUT2D eigenvalue weighted by atomic mass is 35.5. The van der Waals surface area contributed by atoms with Crippen molar-refractivity contribution >= 4 is 29.7 Å². The largest absolute Gasteiger partial charge is 0.347 e. The van der Waals surface area contributed by atoms with Gasteiger partial charge in [-0.2, -0.15) is 0 Å². The van der Waals surface area contributed by atoms with E-state index < -0.39 is 6.04 Å². The molecule has 0 saturated carbocycles. The van der Waals surface area contributed by atoms with Gasteiger partial charge in [0.1, 0.15) is 0 Å². The monoisotopic (exact) mass is 310 g/mol. The molecule has 0 aliphatic heterocycles. The van der Waals surface area contributed by atoms with Gasteiger partial charge in [-0.25, -0.2) is 0 Å². The van der Waals surface area contributed by atoms with Crippen LogP contribution < -0.4 is 11.1 Å². The van der Waals surface area contributed by atoms with Crippen LogP contribution in [0.3, 0.4) is 0 Å². The van der Waals surface area contributed by atoms with Gasteiger partial charge in [-0.15, -0.1) is 23.7 Å². The maximum absolute atomic E-state index is 11.8. The van der Waals surface area contributed by atoms with Gasteiger partial charge in [0.25, 0.3) is 0 Å². The van der Waals surface area contributed by atoms with Gasteiger partial charge >= 0.3 is 0 Å². The van der Waals surface area contributed by atoms with Gasteiger partial charge in [-0.1, -0.05) is 36.4 Å². The van der Waals surface area contributed by atoms with Gasteiger partial charge < -0.3 is 11.1 Å². The van der Waals surface area contributed by atoms with E-state index in [4.69, 9.17) is 5.73 Å². The van der Waals surface area contributed by atoms with E-state index in [-0.39, 0.29) is 24.4 Å². The average Bonchev–Trinajstić information content (AvgIpc) is 2.92. The van der Waals surface area contributed by atoms with E-state index in [1.165, 1.54) is 5.56 Å². The molecule has 2 rings (SSSR count). The van der Waals surface area contributed by atoms with Crippen LogP contribution >= 0.6 is 23.7 Å². The first kappa shape index (κ1) is 16.7. The van der Waals surface area contributed by atoms with E-state index in [1.54, 1.807) is 18.3 Å². The Morgan fingerprint density at radius 2 is 1.95 bits per heavy atom. The highest BCUT2D eigenvalue weighted by Gasteiger charge is 2.18. The number of nitrogens with two attached hydrogens (primary N) is 1. The lowest BCUT2D eigenvalue weighted by atomic mass is 10.0. The lowest BCUT2D eigenvalue weighted by molar-refractivity contribution is -0.122. The van der Waals surface area contributed by atoms with Crippen LogP contribution in [-0.4, -0.2) is 11.9 Å². The summed E-state index contributed by atoms with van der Waals surface area (Å²) in [5.41, 5.74) is 6.82. The molecule has 1 aromatic heterocycles. The zero-order valence-electron chi connectivity index (χ0n) is 11.3. The van der Waals surface area contributed by atoms with Crippen molar-refractivity contribution in [2.24, 2.45) is 5.73 Å². The molecule has 5 heteroatoms. The molecule has 0 bridgehead atoms. The molecule has 0 radical (unpaired) electrons. The summed E-state index contributed by atoms with van der Waals surface area (Å²) >= 11 is 1.65. The summed E-state index contributed by atoms with van der Waals surface area (Å²) in [6, 6.07) is 13.7. The second kappa shape index (κ2) is 8.04. The molecule has 20 heavy (non-hydrogen) atoms. The number of thiophene rings is 1. The summed E-state index contributed by atoms with van der Waals surface area (Å²) in [4.78, 5) is 13.0. The van der Waals surface area contributed by atoms with Crippen LogP contribution in [0.15, 0.2) is 47.8 Å². The van der Waals surface area contributed by atoms with Gasteiger partial charge in [-0.05, 0) is 30.4 Å². The molecular weight excluding hydrogens is 292 g/mol. The second-order valence-corrected chi connectivity index (χ2v) is 5.53. The van der Waals surface area contributed by atoms with Crippen molar-refractivity contribution in [1.82, 2.24) is 5.32 Å². The second-order valence-electron chi connectivity index (χ2n) is 4.55. The Bertz CT molecular complexity index is 514. The molecule has 1 unspecified atom stereocenters. The maximum Gasteiger partial charge on any atom is 0.237 e. The van der Waals surface area contributed by atoms with Crippen molar-refractivity contribution in [1.29, 1.82) is 0 Å². The predicted molar refractivity (Wildman–Crippen MR) is 86.2 cm³/mol. The van der Waals surface area contributed by atoms with Crippen LogP contribution in [0.5, 0.6) is 0 Å². The zero-order chi connectivity index (χ0) is 13.7. The molecule has 0 saturated heterocycles. The molecule has 1 aromatic carbocycles. The third kappa shape index (κ3) is 4.63. The van der Waals surface area contributed by atoms with Crippen molar-refractivity contribution in [3.63, 3.8) is 0 Å². The van der Waals surface area contributed by atoms with Gasteiger partial charge in [0.15, 0.2) is 0 Å². The summed E-state index contributed by atoms with van der Waals surface area (Å²) in [5, 5.41) is 5.03. The standard InChI is InChI=1S/C15H18N2OS.ClH/c1-11(16)15(18)17-13(14-8-5-9-19-14)10-12-6-3-2-4-7-12;/h2-9,11,13H,10,16H2,1H3,(H,17,18);1H/t11-,13?;/m0./s1. The molecule has 2 atom stereocenters. The molecule has 0 aliphatic rings. The van der Waals surface area contributed by atoms with Crippen LogP contribution in [0, 0.1) is 0 Å². The fourth-order valence-corrected chi connectivity index (χ4v) is 2.64. The minimum absolute atomic E-state index is 0. The SMILES string of the molecule is C[C@H](N)C(=O)NC(Cc1ccccc1)c1cccs1.Cl. The third-order valence-corrected chi connectivity index (χ3v) is 3.89. The van der Waals surface area contributed by atoms with E-state index in [1.807, 2.05) is 35.7 Å². The molecule has 0 aliphatic carbocycles. The quantitative estimate of drug-likeness (QED) is 0.892. The predicted octanol–water partition coefficient (Wildman–Crippen LogP) is 2.92. The molecule has 1 amide bonds. The van der Waals surface area contributed by atoms with Gasteiger partial charge in [0.2, 0.25) is 5.91 Å². The van der Waals surface area contributed by atoms with E-state index >= 15 is 0 Å². The van der Waals surface area contributed by atoms with Crippen molar-refractivity contribution in [3.05, 3.63) is 58.3 Å². The summed E-state index contributed by atoms with van der Waals surface area (Å²) in [6.45, 7) is 1.70. The minimum Gasteiger partial charge on any atom is -0.347 e. The zero-order valence-corrected chi connectivity index (χ0v) is 12.9. The Balaban J connectivity index is 0.00000200. The Kier molecular flexibility index (Phi) is 6.71. The average molecular weight is 311 g/mol. The lowest BCUT2D eigenvalue weighted by Gasteiger charge is -2.19. The number of halogens is 1. The molecule has 0 fully saturated rings. The van der Waals surface area contributed by atoms with Gasteiger partial charge in [0, 0.05) is 4.88 Å². The number of carbonyl (C=O) groups excluding carboxylic acids is 1. The third-order valence-electron chi connectivity index (χ3n) is 2.90. The highest BCUT2D eigenvalue weighted by Crippen LogP contribution is 2.23. The first-order chi connectivity index (χ1) is 9.16. The maximum atomic E-state index is 11.8. The Morgan fingerprint density at radius 1 is 1.25 bits per heavy atom. The van der Waals surface area contributed by atoms with Crippen LogP contribution in [-0.2, 0) is 11.2 Å². The van der Waals surface area contributed by atoms with E-state index in [0.29, 0.717) is 0 Å². The van der Waals surface area contributed by atoms with Crippen molar-refractivity contribution in [2.75, 3.05) is 0 Å². The molecule has 3 N–H and O–H groups in total. The van der Waals surface area contributed by atoms with Crippen molar-refractivity contribution in [2.45, 2.75) is 25.4 Å². The first-order valence-electron chi connectivity index (χ1n) is 6.30. The van der Waals surface area contributed by atoms with E-state index in [2.05, 4.69) is 17.4 Å². The summed E-state index contributed by atoms with van der Waals surface area (Å²) < 4.78 is 0. The number of hydrogen-bond acceptors (Lipinski definition) is 3. The minimum atomic E-state index is -0.488. The summed E-state index contributed by atoms with van der Waals surface area (Å²) in [5.74, 6) is -0.116. The van der Waals surface area contributed by atoms with Gasteiger partial charge in [0.05, 0.1) is 12.1 Å². The summed E-state index contributed by atoms with van der Waals surface area (Å²) in [6.07, 6.45) is 0.778. The fraction of sp³-hybridized carbons (Fsp3) is 0.267. The van der Waals surface area contributed by atoms with Crippen LogP contribution in [0.2, 0.25) is 0 Å². The number of hydrogen-bond donors (Lipinski definition) is 2. The first-order valence-corrected chi connectivity index (χ1v) is 7.18. The fourth-order valence-electron chi connectivity index (χ4n) is 1.87. The molecule has 1 heterocycles. The van der Waals surface area contributed by atoms with E-state index in [0.717, 1.165) is 11.3 Å². The lowest BCUT2D eigenvalue weighted by Crippen LogP contribution is -2.40. The number of carbonyl (C=O) groups is 1. The topological polar surface area (TPSA) is 55.1 Å². The van der Waals surface area contributed by atoms with Crippen molar-refractivity contribution < 1.29 is 4.79 Å². The molecular formula is C15H19ClN2OS. The molecule has 2 aromatic rings. The van der Waals surface area contributed by atoms with Gasteiger partial charge in [-0.3, -0.25) is 4.79 Å². The number of amides is 1. The number of rotatable bonds is 5. The Hall–Kier alpha value is -1.36. The van der Waals surface area contributed by atoms with Crippen LogP contribution in [0.1, 0.15) is 23.4 Å². The molecule has 0 spiro atoms. The molecule has 108 valence electrons. The van der Waals surface area contributed by atoms with Crippen LogP contribution in [0.25, 0.3) is 0 Å². The Labute approximate surface area is 129 Å². The van der Waals surface area contributed by atoms with E-state index in [9.17, 15) is 4.79 Å². The van der Waals surface area contributed by atoms with Crippen molar-refractivity contribution in [3.8, 4) is 0 Å². The summed E-state index contributed by atoms with van der Waals surface area (Å²) in [7, 11) is 0. The smallest absolute Gasteiger partial charge is 0.237 e. The highest BCUT2D eigenvalue weighted by molar-refractivity contribution is 7.10.